The van der Waals surface area contributed by atoms with E-state index in [2.05, 4.69) is 17.0 Å². The minimum atomic E-state index is -4.66. The van der Waals surface area contributed by atoms with Crippen LogP contribution >= 0.6 is 0 Å². The maximum atomic E-state index is 12.4. The average molecular weight is 301 g/mol. The largest absolute Gasteiger partial charge is 0.573 e. The summed E-state index contributed by atoms with van der Waals surface area (Å²) in [5.41, 5.74) is 1.69. The highest BCUT2D eigenvalue weighted by Gasteiger charge is 2.43. The molecule has 3 nitrogen and oxygen atoms in total. The molecule has 1 N–H and O–H groups in total. The molecular weight excluding hydrogens is 283 g/mol. The second kappa shape index (κ2) is 5.09. The minimum absolute atomic E-state index is 0.140. The first-order valence-corrected chi connectivity index (χ1v) is 7.18. The number of rotatable bonds is 2. The van der Waals surface area contributed by atoms with E-state index in [4.69, 9.17) is 4.74 Å². The number of hydrogen-bond acceptors (Lipinski definition) is 3. The van der Waals surface area contributed by atoms with Crippen molar-refractivity contribution in [2.45, 2.75) is 44.1 Å². The predicted octanol–water partition coefficient (Wildman–Crippen LogP) is 3.84. The number of benzene rings is 1. The van der Waals surface area contributed by atoms with Gasteiger partial charge in [-0.25, -0.2) is 0 Å². The van der Waals surface area contributed by atoms with Crippen LogP contribution in [0.15, 0.2) is 18.2 Å². The lowest BCUT2D eigenvalue weighted by molar-refractivity contribution is -0.274. The van der Waals surface area contributed by atoms with Crippen molar-refractivity contribution in [1.82, 2.24) is 0 Å². The monoisotopic (exact) mass is 301 g/mol. The molecule has 116 valence electrons. The maximum absolute atomic E-state index is 12.4. The van der Waals surface area contributed by atoms with Crippen LogP contribution in [0.25, 0.3) is 0 Å². The molecule has 0 amide bonds. The molecule has 0 saturated carbocycles. The number of fused-ring (bicyclic) bond motifs is 2. The van der Waals surface area contributed by atoms with E-state index in [1.165, 1.54) is 12.1 Å². The fourth-order valence-corrected chi connectivity index (χ4v) is 3.36. The Balaban J connectivity index is 1.91. The van der Waals surface area contributed by atoms with Crippen molar-refractivity contribution < 1.29 is 22.6 Å². The molecule has 1 fully saturated rings. The molecule has 3 rings (SSSR count). The normalized spacial score (nSPS) is 28.3. The lowest BCUT2D eigenvalue weighted by atomic mass is 9.73. The zero-order chi connectivity index (χ0) is 15.1. The van der Waals surface area contributed by atoms with Gasteiger partial charge in [0.2, 0.25) is 0 Å². The van der Waals surface area contributed by atoms with E-state index in [0.717, 1.165) is 37.1 Å². The van der Waals surface area contributed by atoms with E-state index in [1.54, 1.807) is 6.07 Å². The summed E-state index contributed by atoms with van der Waals surface area (Å²) in [5, 5.41) is 3.30. The highest BCUT2D eigenvalue weighted by atomic mass is 19.4. The molecular formula is C15H18F3NO2. The zero-order valence-corrected chi connectivity index (χ0v) is 11.8. The SMILES string of the molecule is CCC1CC2(CCO1)CNc1ccc(OC(F)(F)F)cc12. The lowest BCUT2D eigenvalue weighted by Gasteiger charge is -2.38. The number of halogens is 3. The van der Waals surface area contributed by atoms with E-state index in [-0.39, 0.29) is 17.3 Å². The molecule has 1 saturated heterocycles. The molecule has 2 aliphatic heterocycles. The van der Waals surface area contributed by atoms with Gasteiger partial charge >= 0.3 is 6.36 Å². The molecule has 2 aliphatic rings. The molecule has 2 unspecified atom stereocenters. The predicted molar refractivity (Wildman–Crippen MR) is 72.6 cm³/mol. The zero-order valence-electron chi connectivity index (χ0n) is 11.8. The second-order valence-electron chi connectivity index (χ2n) is 5.74. The minimum Gasteiger partial charge on any atom is -0.406 e. The quantitative estimate of drug-likeness (QED) is 0.900. The van der Waals surface area contributed by atoms with Gasteiger partial charge in [0, 0.05) is 24.3 Å². The summed E-state index contributed by atoms with van der Waals surface area (Å²) >= 11 is 0. The summed E-state index contributed by atoms with van der Waals surface area (Å²) in [5.74, 6) is -0.149. The Morgan fingerprint density at radius 2 is 2.24 bits per heavy atom. The van der Waals surface area contributed by atoms with Gasteiger partial charge in [0.1, 0.15) is 5.75 Å². The molecule has 1 spiro atoms. The third-order valence-electron chi connectivity index (χ3n) is 4.42. The molecule has 1 aromatic rings. The summed E-state index contributed by atoms with van der Waals surface area (Å²) in [7, 11) is 0. The topological polar surface area (TPSA) is 30.5 Å². The maximum Gasteiger partial charge on any atom is 0.573 e. The van der Waals surface area contributed by atoms with Crippen molar-refractivity contribution in [2.75, 3.05) is 18.5 Å². The number of nitrogens with one attached hydrogen (secondary N) is 1. The summed E-state index contributed by atoms with van der Waals surface area (Å²) < 4.78 is 46.9. The van der Waals surface area contributed by atoms with Crippen LogP contribution in [0.2, 0.25) is 0 Å². The van der Waals surface area contributed by atoms with Crippen molar-refractivity contribution in [3.8, 4) is 5.75 Å². The van der Waals surface area contributed by atoms with Crippen molar-refractivity contribution in [3.05, 3.63) is 23.8 Å². The Kier molecular flexibility index (Phi) is 3.51. The fourth-order valence-electron chi connectivity index (χ4n) is 3.36. The van der Waals surface area contributed by atoms with Crippen LogP contribution in [0.5, 0.6) is 5.75 Å². The Bertz CT molecular complexity index is 528. The van der Waals surface area contributed by atoms with E-state index in [9.17, 15) is 13.2 Å². The smallest absolute Gasteiger partial charge is 0.406 e. The van der Waals surface area contributed by atoms with Crippen molar-refractivity contribution >= 4 is 5.69 Å². The van der Waals surface area contributed by atoms with E-state index < -0.39 is 6.36 Å². The molecule has 2 atom stereocenters. The molecule has 0 aromatic heterocycles. The molecule has 0 aliphatic carbocycles. The van der Waals surface area contributed by atoms with Gasteiger partial charge < -0.3 is 14.8 Å². The van der Waals surface area contributed by atoms with Crippen LogP contribution in [0.4, 0.5) is 18.9 Å². The average Bonchev–Trinajstić information content (AvgIpc) is 2.76. The Morgan fingerprint density at radius 3 is 2.95 bits per heavy atom. The Labute approximate surface area is 121 Å². The molecule has 0 radical (unpaired) electrons. The van der Waals surface area contributed by atoms with Crippen LogP contribution < -0.4 is 10.1 Å². The van der Waals surface area contributed by atoms with Crippen LogP contribution in [-0.2, 0) is 10.2 Å². The third kappa shape index (κ3) is 2.81. The van der Waals surface area contributed by atoms with Gasteiger partial charge in [0.05, 0.1) is 6.10 Å². The van der Waals surface area contributed by atoms with Crippen molar-refractivity contribution in [3.63, 3.8) is 0 Å². The first-order chi connectivity index (χ1) is 9.92. The summed E-state index contributed by atoms with van der Waals surface area (Å²) in [6.07, 6.45) is -1.93. The van der Waals surface area contributed by atoms with E-state index >= 15 is 0 Å². The van der Waals surface area contributed by atoms with E-state index in [0.29, 0.717) is 6.61 Å². The number of alkyl halides is 3. The van der Waals surface area contributed by atoms with Crippen LogP contribution in [-0.4, -0.2) is 25.6 Å². The molecule has 0 bridgehead atoms. The van der Waals surface area contributed by atoms with Gasteiger partial charge in [-0.3, -0.25) is 0 Å². The summed E-state index contributed by atoms with van der Waals surface area (Å²) in [4.78, 5) is 0. The number of anilines is 1. The summed E-state index contributed by atoms with van der Waals surface area (Å²) in [6, 6.07) is 4.55. The Hall–Kier alpha value is -1.43. The van der Waals surface area contributed by atoms with Gasteiger partial charge in [-0.15, -0.1) is 13.2 Å². The highest BCUT2D eigenvalue weighted by Crippen LogP contribution is 2.47. The van der Waals surface area contributed by atoms with Gasteiger partial charge in [0.15, 0.2) is 0 Å². The van der Waals surface area contributed by atoms with E-state index in [1.807, 2.05) is 0 Å². The first-order valence-electron chi connectivity index (χ1n) is 7.18. The van der Waals surface area contributed by atoms with Gasteiger partial charge in [0.25, 0.3) is 0 Å². The van der Waals surface area contributed by atoms with Crippen molar-refractivity contribution in [2.24, 2.45) is 0 Å². The fraction of sp³-hybridized carbons (Fsp3) is 0.600. The Morgan fingerprint density at radius 1 is 1.43 bits per heavy atom. The third-order valence-corrected chi connectivity index (χ3v) is 4.42. The van der Waals surface area contributed by atoms with Crippen molar-refractivity contribution in [1.29, 1.82) is 0 Å². The summed E-state index contributed by atoms with van der Waals surface area (Å²) in [6.45, 7) is 3.46. The lowest BCUT2D eigenvalue weighted by Crippen LogP contribution is -2.40. The van der Waals surface area contributed by atoms with Crippen LogP contribution in [0.1, 0.15) is 31.7 Å². The van der Waals surface area contributed by atoms with Crippen LogP contribution in [0, 0.1) is 0 Å². The molecule has 6 heteroatoms. The second-order valence-corrected chi connectivity index (χ2v) is 5.74. The van der Waals surface area contributed by atoms with Gasteiger partial charge in [-0.05, 0) is 43.0 Å². The number of hydrogen-bond donors (Lipinski definition) is 1. The number of ether oxygens (including phenoxy) is 2. The highest BCUT2D eigenvalue weighted by molar-refractivity contribution is 5.62. The molecule has 2 heterocycles. The molecule has 1 aromatic carbocycles. The van der Waals surface area contributed by atoms with Gasteiger partial charge in [-0.2, -0.15) is 0 Å². The first kappa shape index (κ1) is 14.5. The molecule has 21 heavy (non-hydrogen) atoms. The van der Waals surface area contributed by atoms with Gasteiger partial charge in [-0.1, -0.05) is 6.92 Å². The van der Waals surface area contributed by atoms with Crippen LogP contribution in [0.3, 0.4) is 0 Å². The standard InChI is InChI=1S/C15H18F3NO2/c1-2-10-8-14(5-6-20-10)9-19-13-4-3-11(7-12(13)14)21-15(16,17)18/h3-4,7,10,19H,2,5-6,8-9H2,1H3.